The number of carbonyl (C=O) groups is 2. The summed E-state index contributed by atoms with van der Waals surface area (Å²) in [5.41, 5.74) is 0.963. The van der Waals surface area contributed by atoms with E-state index in [0.717, 1.165) is 29.8 Å². The number of hydrogen-bond donors (Lipinski definition) is 4. The van der Waals surface area contributed by atoms with Gasteiger partial charge in [-0.25, -0.2) is 4.79 Å². The molecule has 0 saturated heterocycles. The molecule has 4 N–H and O–H groups in total. The van der Waals surface area contributed by atoms with Gasteiger partial charge in [0.1, 0.15) is 5.94 Å². The summed E-state index contributed by atoms with van der Waals surface area (Å²) in [6, 6.07) is 8.26. The molecule has 10 nitrogen and oxygen atoms in total. The third-order valence-corrected chi connectivity index (χ3v) is 7.48. The van der Waals surface area contributed by atoms with E-state index in [2.05, 4.69) is 47.0 Å². The normalized spacial score (nSPS) is 10.9. The summed E-state index contributed by atoms with van der Waals surface area (Å²) in [6.45, 7) is 14.4. The second-order valence-corrected chi connectivity index (χ2v) is 12.5. The molecule has 0 fully saturated rings. The van der Waals surface area contributed by atoms with Gasteiger partial charge < -0.3 is 40.2 Å². The van der Waals surface area contributed by atoms with Crippen LogP contribution in [0.5, 0.6) is 0 Å². The molecule has 0 aliphatic carbocycles. The van der Waals surface area contributed by atoms with Crippen LogP contribution in [0.2, 0.25) is 0 Å². The zero-order valence-electron chi connectivity index (χ0n) is 26.3. The number of rotatable bonds is 25. The van der Waals surface area contributed by atoms with E-state index in [1.54, 1.807) is 21.6 Å². The second kappa shape index (κ2) is 27.6. The molecule has 244 valence electrons. The lowest BCUT2D eigenvalue weighted by Crippen LogP contribution is -2.36. The minimum atomic E-state index is -0.191. The Bertz CT molecular complexity index is 910. The predicted octanol–water partition coefficient (Wildman–Crippen LogP) is 3.85. The highest BCUT2D eigenvalue weighted by molar-refractivity contribution is 8.76. The van der Waals surface area contributed by atoms with E-state index in [1.165, 1.54) is 0 Å². The molecule has 0 unspecified atom stereocenters. The molecule has 3 amide bonds. The van der Waals surface area contributed by atoms with Crippen molar-refractivity contribution in [2.45, 2.75) is 57.9 Å². The van der Waals surface area contributed by atoms with Crippen LogP contribution >= 0.6 is 21.6 Å². The summed E-state index contributed by atoms with van der Waals surface area (Å²) >= 11 is 0. The summed E-state index contributed by atoms with van der Waals surface area (Å²) in [5, 5.41) is 11.7. The Kier molecular flexibility index (Phi) is 25.0. The Morgan fingerprint density at radius 2 is 1.44 bits per heavy atom. The van der Waals surface area contributed by atoms with E-state index in [4.69, 9.17) is 18.9 Å². The maximum Gasteiger partial charge on any atom is 0.315 e. The van der Waals surface area contributed by atoms with Crippen LogP contribution in [0.25, 0.3) is 0 Å². The number of benzene rings is 1. The number of unbranched alkanes of at least 4 members (excludes halogenated alkanes) is 1. The fourth-order valence-corrected chi connectivity index (χ4v) is 5.00. The number of nitrogens with one attached hydrogen (secondary N) is 4. The average Bonchev–Trinajstić information content (AvgIpc) is 2.97. The largest absolute Gasteiger partial charge is 0.378 e. The van der Waals surface area contributed by atoms with E-state index >= 15 is 0 Å². The molecule has 0 atom stereocenters. The first-order valence-corrected chi connectivity index (χ1v) is 17.4. The number of urea groups is 1. The van der Waals surface area contributed by atoms with Gasteiger partial charge in [-0.3, -0.25) is 4.79 Å². The van der Waals surface area contributed by atoms with E-state index < -0.39 is 0 Å². The first-order valence-electron chi connectivity index (χ1n) is 15.1. The maximum absolute atomic E-state index is 12.2. The van der Waals surface area contributed by atoms with Gasteiger partial charge in [-0.05, 0) is 30.5 Å². The summed E-state index contributed by atoms with van der Waals surface area (Å²) in [5.74, 6) is 6.78. The van der Waals surface area contributed by atoms with Crippen molar-refractivity contribution in [3.8, 4) is 11.8 Å². The highest BCUT2D eigenvalue weighted by atomic mass is 33.1. The lowest BCUT2D eigenvalue weighted by molar-refractivity contribution is -0.120. The molecule has 0 heterocycles. The van der Waals surface area contributed by atoms with E-state index in [9.17, 15) is 9.59 Å². The number of carbonyl (C=O) groups excluding carboxylic acids is 2. The molecule has 12 heteroatoms. The first kappa shape index (κ1) is 39.0. The Hall–Kier alpha value is -1.98. The van der Waals surface area contributed by atoms with E-state index in [1.807, 2.05) is 38.1 Å². The molecule has 0 aromatic heterocycles. The number of amides is 3. The zero-order valence-corrected chi connectivity index (χ0v) is 28.0. The maximum atomic E-state index is 12.2. The quantitative estimate of drug-likeness (QED) is 0.0547. The van der Waals surface area contributed by atoms with Gasteiger partial charge in [0.25, 0.3) is 0 Å². The van der Waals surface area contributed by atoms with Gasteiger partial charge in [-0.2, -0.15) is 0 Å². The molecule has 1 rings (SSSR count). The monoisotopic (exact) mass is 640 g/mol. The number of ether oxygens (including phenoxy) is 4. The molecule has 0 aliphatic rings. The molecular formula is C31H52N4O6S2. The van der Waals surface area contributed by atoms with Crippen molar-refractivity contribution in [1.82, 2.24) is 21.3 Å². The smallest absolute Gasteiger partial charge is 0.315 e. The van der Waals surface area contributed by atoms with Crippen molar-refractivity contribution in [1.29, 1.82) is 0 Å². The van der Waals surface area contributed by atoms with Crippen molar-refractivity contribution in [3.63, 3.8) is 0 Å². The van der Waals surface area contributed by atoms with Crippen LogP contribution in [0.15, 0.2) is 29.2 Å². The van der Waals surface area contributed by atoms with E-state index in [0.29, 0.717) is 90.2 Å². The molecule has 43 heavy (non-hydrogen) atoms. The van der Waals surface area contributed by atoms with Gasteiger partial charge in [0.15, 0.2) is 0 Å². The minimum Gasteiger partial charge on any atom is -0.378 e. The summed E-state index contributed by atoms with van der Waals surface area (Å²) in [4.78, 5) is 25.0. The van der Waals surface area contributed by atoms with Crippen LogP contribution in [0.1, 0.15) is 46.1 Å². The van der Waals surface area contributed by atoms with Crippen LogP contribution in [0.3, 0.4) is 0 Å². The Labute approximate surface area is 266 Å². The van der Waals surface area contributed by atoms with Crippen molar-refractivity contribution in [2.24, 2.45) is 5.92 Å². The van der Waals surface area contributed by atoms with Crippen LogP contribution in [0.4, 0.5) is 4.79 Å². The van der Waals surface area contributed by atoms with Crippen molar-refractivity contribution < 1.29 is 28.5 Å². The van der Waals surface area contributed by atoms with Gasteiger partial charge >= 0.3 is 6.03 Å². The van der Waals surface area contributed by atoms with Gasteiger partial charge in [0.05, 0.1) is 52.6 Å². The Balaban J connectivity index is 1.94. The molecule has 1 aromatic rings. The van der Waals surface area contributed by atoms with E-state index in [-0.39, 0.29) is 11.9 Å². The topological polar surface area (TPSA) is 119 Å². The van der Waals surface area contributed by atoms with Crippen LogP contribution in [-0.2, 0) is 30.2 Å². The highest BCUT2D eigenvalue weighted by Crippen LogP contribution is 2.31. The summed E-state index contributed by atoms with van der Waals surface area (Å²) < 4.78 is 22.1. The molecule has 0 saturated carbocycles. The van der Waals surface area contributed by atoms with Gasteiger partial charge in [0.2, 0.25) is 5.91 Å². The van der Waals surface area contributed by atoms with Crippen molar-refractivity contribution in [2.75, 3.05) is 78.4 Å². The lowest BCUT2D eigenvalue weighted by atomic mass is 10.1. The first-order chi connectivity index (χ1) is 20.9. The lowest BCUT2D eigenvalue weighted by Gasteiger charge is -2.09. The van der Waals surface area contributed by atoms with Crippen molar-refractivity contribution in [3.05, 3.63) is 29.8 Å². The van der Waals surface area contributed by atoms with Crippen molar-refractivity contribution >= 4 is 33.5 Å². The highest BCUT2D eigenvalue weighted by Gasteiger charge is 2.04. The third kappa shape index (κ3) is 26.2. The van der Waals surface area contributed by atoms with Crippen LogP contribution in [0, 0.1) is 17.8 Å². The fourth-order valence-electron chi connectivity index (χ4n) is 3.29. The minimum absolute atomic E-state index is 0.0288. The molecular weight excluding hydrogens is 588 g/mol. The number of hydrogen-bond acceptors (Lipinski definition) is 9. The SMILES string of the molecule is CC(C)C#CCNC(=O)NCCCCOCSSc1ccc(CC(=O)NCCOCCOCCOCCNC(C)C)cc1. The van der Waals surface area contributed by atoms with Gasteiger partial charge in [0, 0.05) is 43.1 Å². The Morgan fingerprint density at radius 3 is 2.12 bits per heavy atom. The fraction of sp³-hybridized carbons (Fsp3) is 0.677. The summed E-state index contributed by atoms with van der Waals surface area (Å²) in [7, 11) is 3.27. The molecule has 0 bridgehead atoms. The van der Waals surface area contributed by atoms with Gasteiger partial charge in [-0.1, -0.05) is 73.3 Å². The molecule has 0 radical (unpaired) electrons. The van der Waals surface area contributed by atoms with Crippen LogP contribution in [-0.4, -0.2) is 96.3 Å². The molecule has 0 spiro atoms. The van der Waals surface area contributed by atoms with Crippen LogP contribution < -0.4 is 21.3 Å². The molecule has 1 aromatic carbocycles. The Morgan fingerprint density at radius 1 is 0.767 bits per heavy atom. The predicted molar refractivity (Wildman–Crippen MR) is 176 cm³/mol. The molecule has 0 aliphatic heterocycles. The average molecular weight is 641 g/mol. The second-order valence-electron chi connectivity index (χ2n) is 10.1. The van der Waals surface area contributed by atoms with Gasteiger partial charge in [-0.15, -0.1) is 0 Å². The standard InChI is InChI=1S/C31H52N4O6S2/c1-26(2)8-7-14-35-31(37)34-13-5-6-17-41-25-42-43-29-11-9-28(10-12-29)24-30(36)33-16-19-39-21-23-40-22-20-38-18-15-32-27(3)4/h9-12,26-27,32H,5-6,13-25H2,1-4H3,(H,33,36)(H2,34,35,37). The third-order valence-electron chi connectivity index (χ3n) is 5.42. The zero-order chi connectivity index (χ0) is 31.4. The summed E-state index contributed by atoms with van der Waals surface area (Å²) in [6.07, 6.45) is 2.07.